The number of carbonyl (C=O) groups excluding carboxylic acids is 2. The van der Waals surface area contributed by atoms with Gasteiger partial charge in [0.15, 0.2) is 6.61 Å². The van der Waals surface area contributed by atoms with Gasteiger partial charge >= 0.3 is 5.97 Å². The lowest BCUT2D eigenvalue weighted by atomic mass is 10.1. The zero-order valence-corrected chi connectivity index (χ0v) is 15.3. The normalized spacial score (nSPS) is 16.4. The van der Waals surface area contributed by atoms with E-state index in [1.807, 2.05) is 17.5 Å². The number of nitrogens with zero attached hydrogens (tertiary/aromatic N) is 2. The number of ether oxygens (including phenoxy) is 1. The van der Waals surface area contributed by atoms with Crippen molar-refractivity contribution in [3.05, 3.63) is 70.2 Å². The average molecular weight is 384 g/mol. The summed E-state index contributed by atoms with van der Waals surface area (Å²) in [7, 11) is 0. The molecule has 27 heavy (non-hydrogen) atoms. The number of hydrazone groups is 1. The van der Waals surface area contributed by atoms with Crippen LogP contribution in [0.15, 0.2) is 62.2 Å². The minimum Gasteiger partial charge on any atom is -0.467 e. The third-order valence-corrected chi connectivity index (χ3v) is 5.14. The van der Waals surface area contributed by atoms with Gasteiger partial charge in [-0.3, -0.25) is 4.79 Å². The van der Waals surface area contributed by atoms with Gasteiger partial charge in [-0.1, -0.05) is 6.07 Å². The molecule has 0 spiro atoms. The number of thiophene rings is 1. The van der Waals surface area contributed by atoms with E-state index in [4.69, 9.17) is 13.6 Å². The fraction of sp³-hybridized carbons (Fsp3) is 0.211. The first-order valence-electron chi connectivity index (χ1n) is 8.31. The van der Waals surface area contributed by atoms with Crippen LogP contribution in [0, 0.1) is 6.92 Å². The molecule has 3 aromatic heterocycles. The number of aryl methyl sites for hydroxylation is 1. The summed E-state index contributed by atoms with van der Waals surface area (Å²) in [5.41, 5.74) is 1.45. The number of carbonyl (C=O) groups is 2. The standard InChI is InChI=1S/C19H16N2O5S/c1-12-6-8-25-18(12)19(23)26-11-17(22)21-14(15-4-2-7-24-15)10-13(20-21)16-5-3-9-27-16/h2-9,14H,10-11H2,1H3. The Balaban J connectivity index is 1.50. The van der Waals surface area contributed by atoms with Crippen molar-refractivity contribution < 1.29 is 23.2 Å². The molecule has 1 amide bonds. The Hall–Kier alpha value is -3.13. The molecule has 4 rings (SSSR count). The van der Waals surface area contributed by atoms with E-state index in [1.165, 1.54) is 11.3 Å². The van der Waals surface area contributed by atoms with Crippen LogP contribution in [0.5, 0.6) is 0 Å². The largest absolute Gasteiger partial charge is 0.467 e. The second-order valence-electron chi connectivity index (χ2n) is 6.01. The molecule has 0 saturated heterocycles. The highest BCUT2D eigenvalue weighted by Gasteiger charge is 2.35. The van der Waals surface area contributed by atoms with Crippen molar-refractivity contribution in [1.29, 1.82) is 0 Å². The van der Waals surface area contributed by atoms with Gasteiger partial charge in [0.2, 0.25) is 5.76 Å². The maximum absolute atomic E-state index is 12.7. The average Bonchev–Trinajstić information content (AvgIpc) is 3.45. The SMILES string of the molecule is Cc1ccoc1C(=O)OCC(=O)N1N=C(c2cccs2)CC1c1ccco1. The molecule has 0 N–H and O–H groups in total. The molecule has 1 unspecified atom stereocenters. The summed E-state index contributed by atoms with van der Waals surface area (Å²) in [6, 6.07) is 8.74. The van der Waals surface area contributed by atoms with Crippen LogP contribution in [-0.2, 0) is 9.53 Å². The molecule has 4 heterocycles. The minimum atomic E-state index is -0.679. The third-order valence-electron chi connectivity index (χ3n) is 4.22. The smallest absolute Gasteiger partial charge is 0.375 e. The van der Waals surface area contributed by atoms with Gasteiger partial charge in [-0.05, 0) is 36.6 Å². The van der Waals surface area contributed by atoms with Crippen LogP contribution in [0.1, 0.15) is 39.2 Å². The molecule has 138 valence electrons. The molecule has 0 aromatic carbocycles. The van der Waals surface area contributed by atoms with Gasteiger partial charge in [0.1, 0.15) is 11.8 Å². The van der Waals surface area contributed by atoms with Crippen molar-refractivity contribution in [2.75, 3.05) is 6.61 Å². The number of rotatable bonds is 5. The molecule has 1 atom stereocenters. The molecule has 3 aromatic rings. The Morgan fingerprint density at radius 1 is 1.26 bits per heavy atom. The first kappa shape index (κ1) is 17.3. The van der Waals surface area contributed by atoms with E-state index in [1.54, 1.807) is 42.7 Å². The van der Waals surface area contributed by atoms with Crippen molar-refractivity contribution in [2.24, 2.45) is 5.10 Å². The Kier molecular flexibility index (Phi) is 4.64. The van der Waals surface area contributed by atoms with Crippen LogP contribution >= 0.6 is 11.3 Å². The van der Waals surface area contributed by atoms with Gasteiger partial charge in [-0.2, -0.15) is 5.10 Å². The van der Waals surface area contributed by atoms with Crippen LogP contribution in [0.2, 0.25) is 0 Å². The molecule has 0 radical (unpaired) electrons. The maximum Gasteiger partial charge on any atom is 0.375 e. The van der Waals surface area contributed by atoms with E-state index in [0.717, 1.165) is 10.6 Å². The second kappa shape index (κ2) is 7.24. The van der Waals surface area contributed by atoms with E-state index < -0.39 is 18.5 Å². The van der Waals surface area contributed by atoms with E-state index in [0.29, 0.717) is 17.7 Å². The van der Waals surface area contributed by atoms with Gasteiger partial charge in [-0.25, -0.2) is 9.80 Å². The molecule has 0 aliphatic carbocycles. The van der Waals surface area contributed by atoms with Crippen LogP contribution < -0.4 is 0 Å². The van der Waals surface area contributed by atoms with Crippen molar-refractivity contribution in [3.63, 3.8) is 0 Å². The van der Waals surface area contributed by atoms with Gasteiger partial charge in [-0.15, -0.1) is 11.3 Å². The summed E-state index contributed by atoms with van der Waals surface area (Å²) in [6.07, 6.45) is 3.49. The summed E-state index contributed by atoms with van der Waals surface area (Å²) in [6.45, 7) is 1.30. The monoisotopic (exact) mass is 384 g/mol. The summed E-state index contributed by atoms with van der Waals surface area (Å²) in [5.74, 6) is -0.385. The minimum absolute atomic E-state index is 0.0922. The zero-order chi connectivity index (χ0) is 18.8. The van der Waals surface area contributed by atoms with Crippen LogP contribution in [-0.4, -0.2) is 29.2 Å². The fourth-order valence-electron chi connectivity index (χ4n) is 2.88. The highest BCUT2D eigenvalue weighted by molar-refractivity contribution is 7.12. The topological polar surface area (TPSA) is 85.2 Å². The van der Waals surface area contributed by atoms with Crippen LogP contribution in [0.25, 0.3) is 0 Å². The molecule has 7 nitrogen and oxygen atoms in total. The fourth-order valence-corrected chi connectivity index (χ4v) is 3.60. The molecule has 1 aliphatic rings. The number of esters is 1. The van der Waals surface area contributed by atoms with Gasteiger partial charge in [0.25, 0.3) is 5.91 Å². The lowest BCUT2D eigenvalue weighted by Crippen LogP contribution is -2.31. The van der Waals surface area contributed by atoms with E-state index in [-0.39, 0.29) is 11.8 Å². The number of hydrogen-bond acceptors (Lipinski definition) is 7. The molecule has 0 bridgehead atoms. The van der Waals surface area contributed by atoms with Crippen molar-refractivity contribution in [3.8, 4) is 0 Å². The molecule has 0 saturated carbocycles. The molecule has 0 fully saturated rings. The Labute approximate surface area is 158 Å². The van der Waals surface area contributed by atoms with Crippen molar-refractivity contribution in [2.45, 2.75) is 19.4 Å². The van der Waals surface area contributed by atoms with Crippen molar-refractivity contribution >= 4 is 28.9 Å². The van der Waals surface area contributed by atoms with Gasteiger partial charge in [0.05, 0.1) is 23.1 Å². The lowest BCUT2D eigenvalue weighted by molar-refractivity contribution is -0.136. The van der Waals surface area contributed by atoms with E-state index >= 15 is 0 Å². The third kappa shape index (κ3) is 3.43. The van der Waals surface area contributed by atoms with Crippen LogP contribution in [0.3, 0.4) is 0 Å². The molecular formula is C19H16N2O5S. The predicted molar refractivity (Wildman–Crippen MR) is 97.5 cm³/mol. The highest BCUT2D eigenvalue weighted by Crippen LogP contribution is 2.34. The van der Waals surface area contributed by atoms with Crippen molar-refractivity contribution in [1.82, 2.24) is 5.01 Å². The number of hydrogen-bond donors (Lipinski definition) is 0. The first-order chi connectivity index (χ1) is 13.1. The summed E-state index contributed by atoms with van der Waals surface area (Å²) < 4.78 is 15.7. The first-order valence-corrected chi connectivity index (χ1v) is 9.19. The second-order valence-corrected chi connectivity index (χ2v) is 6.95. The van der Waals surface area contributed by atoms with E-state index in [9.17, 15) is 9.59 Å². The van der Waals surface area contributed by atoms with Gasteiger partial charge < -0.3 is 13.6 Å². The molecule has 1 aliphatic heterocycles. The predicted octanol–water partition coefficient (Wildman–Crippen LogP) is 3.78. The maximum atomic E-state index is 12.7. The molecule has 8 heteroatoms. The zero-order valence-electron chi connectivity index (χ0n) is 14.5. The number of amides is 1. The number of furan rings is 2. The van der Waals surface area contributed by atoms with E-state index in [2.05, 4.69) is 5.10 Å². The highest BCUT2D eigenvalue weighted by atomic mass is 32.1. The summed E-state index contributed by atoms with van der Waals surface area (Å²) in [5, 5.41) is 7.75. The van der Waals surface area contributed by atoms with Crippen LogP contribution in [0.4, 0.5) is 0 Å². The Morgan fingerprint density at radius 3 is 2.81 bits per heavy atom. The Bertz CT molecular complexity index is 972. The van der Waals surface area contributed by atoms with Gasteiger partial charge in [0, 0.05) is 12.0 Å². The molecular weight excluding hydrogens is 368 g/mol. The quantitative estimate of drug-likeness (QED) is 0.625. The summed E-state index contributed by atoms with van der Waals surface area (Å²) >= 11 is 1.55. The summed E-state index contributed by atoms with van der Waals surface area (Å²) in [4.78, 5) is 25.8. The Morgan fingerprint density at radius 2 is 2.15 bits per heavy atom. The lowest BCUT2D eigenvalue weighted by Gasteiger charge is -2.19.